The molecule has 2 amide bonds. The monoisotopic (exact) mass is 365 g/mol. The third kappa shape index (κ3) is 4.80. The fourth-order valence-electron chi connectivity index (χ4n) is 2.85. The van der Waals surface area contributed by atoms with E-state index in [1.165, 1.54) is 5.01 Å². The third-order valence-electron chi connectivity index (χ3n) is 4.51. The van der Waals surface area contributed by atoms with Crippen LogP contribution in [0.15, 0.2) is 59.7 Å². The van der Waals surface area contributed by atoms with Crippen LogP contribution in [0.1, 0.15) is 37.0 Å². The van der Waals surface area contributed by atoms with Gasteiger partial charge < -0.3 is 10.1 Å². The molecule has 3 rings (SSSR count). The zero-order chi connectivity index (χ0) is 19.2. The summed E-state index contributed by atoms with van der Waals surface area (Å²) >= 11 is 0. The zero-order valence-corrected chi connectivity index (χ0v) is 15.5. The lowest BCUT2D eigenvalue weighted by molar-refractivity contribution is -0.132. The first-order valence-electron chi connectivity index (χ1n) is 8.92. The summed E-state index contributed by atoms with van der Waals surface area (Å²) in [5.41, 5.74) is 2.98. The van der Waals surface area contributed by atoms with Crippen LogP contribution in [-0.2, 0) is 20.9 Å². The van der Waals surface area contributed by atoms with Crippen molar-refractivity contribution in [3.63, 3.8) is 0 Å². The van der Waals surface area contributed by atoms with Gasteiger partial charge >= 0.3 is 0 Å². The topological polar surface area (TPSA) is 71.0 Å². The summed E-state index contributed by atoms with van der Waals surface area (Å²) < 4.78 is 5.31. The maximum Gasteiger partial charge on any atom is 0.271 e. The Morgan fingerprint density at radius 3 is 2.70 bits per heavy atom. The van der Waals surface area contributed by atoms with Crippen molar-refractivity contribution in [3.05, 3.63) is 65.7 Å². The van der Waals surface area contributed by atoms with E-state index < -0.39 is 0 Å². The molecule has 0 saturated carbocycles. The van der Waals surface area contributed by atoms with Crippen molar-refractivity contribution in [1.29, 1.82) is 0 Å². The molecular weight excluding hydrogens is 342 g/mol. The van der Waals surface area contributed by atoms with Gasteiger partial charge in [0, 0.05) is 25.6 Å². The molecule has 1 N–H and O–H groups in total. The fraction of sp³-hybridized carbons (Fsp3) is 0.286. The molecule has 0 fully saturated rings. The molecule has 1 aliphatic heterocycles. The van der Waals surface area contributed by atoms with Crippen LogP contribution in [0.4, 0.5) is 5.69 Å². The quantitative estimate of drug-likeness (QED) is 0.851. The molecule has 0 bridgehead atoms. The van der Waals surface area contributed by atoms with Crippen LogP contribution in [-0.4, -0.2) is 29.6 Å². The Labute approximate surface area is 158 Å². The minimum Gasteiger partial charge on any atom is -0.377 e. The lowest BCUT2D eigenvalue weighted by atomic mass is 10.1. The molecule has 6 nitrogen and oxygen atoms in total. The number of carbonyl (C=O) groups is 2. The third-order valence-corrected chi connectivity index (χ3v) is 4.51. The van der Waals surface area contributed by atoms with E-state index in [0.717, 1.165) is 11.1 Å². The van der Waals surface area contributed by atoms with Crippen molar-refractivity contribution in [1.82, 2.24) is 5.01 Å². The zero-order valence-electron chi connectivity index (χ0n) is 15.5. The number of benzene rings is 2. The second-order valence-corrected chi connectivity index (χ2v) is 6.44. The van der Waals surface area contributed by atoms with E-state index >= 15 is 0 Å². The number of hydrazone groups is 1. The average molecular weight is 365 g/mol. The number of nitrogens with one attached hydrogen (secondary N) is 1. The van der Waals surface area contributed by atoms with Crippen LogP contribution >= 0.6 is 0 Å². The van der Waals surface area contributed by atoms with Crippen LogP contribution in [0.3, 0.4) is 0 Å². The summed E-state index contributed by atoms with van der Waals surface area (Å²) in [5.74, 6) is -0.367. The summed E-state index contributed by atoms with van der Waals surface area (Å²) in [6, 6.07) is 17.1. The molecule has 0 aromatic heterocycles. The number of carbonyl (C=O) groups excluding carboxylic acids is 2. The molecule has 0 aliphatic carbocycles. The van der Waals surface area contributed by atoms with E-state index in [-0.39, 0.29) is 24.3 Å². The highest BCUT2D eigenvalue weighted by atomic mass is 16.5. The Morgan fingerprint density at radius 2 is 1.96 bits per heavy atom. The molecule has 1 heterocycles. The van der Waals surface area contributed by atoms with Gasteiger partial charge in [-0.1, -0.05) is 42.5 Å². The molecule has 6 heteroatoms. The Kier molecular flexibility index (Phi) is 5.98. The lowest BCUT2D eigenvalue weighted by Crippen LogP contribution is -2.36. The van der Waals surface area contributed by atoms with E-state index in [2.05, 4.69) is 10.4 Å². The number of rotatable bonds is 6. The Hall–Kier alpha value is -2.99. The molecule has 2 aromatic carbocycles. The molecule has 2 aromatic rings. The summed E-state index contributed by atoms with van der Waals surface area (Å²) in [4.78, 5) is 24.8. The summed E-state index contributed by atoms with van der Waals surface area (Å²) in [6.07, 6.45) is 0.553. The van der Waals surface area contributed by atoms with E-state index in [1.54, 1.807) is 7.11 Å². The van der Waals surface area contributed by atoms with Crippen LogP contribution in [0.25, 0.3) is 0 Å². The van der Waals surface area contributed by atoms with Gasteiger partial charge in [-0.25, -0.2) is 5.01 Å². The normalized spacial score (nSPS) is 15.3. The maximum atomic E-state index is 12.6. The summed E-state index contributed by atoms with van der Waals surface area (Å²) in [5, 5.41) is 8.53. The van der Waals surface area contributed by atoms with Crippen molar-refractivity contribution >= 4 is 23.2 Å². The standard InChI is InChI=1S/C21H23N3O3/c1-15(27-2)17-9-6-10-18(13-17)22-21(26)19-11-12-20(25)24(23-19)14-16-7-4-3-5-8-16/h3-10,13,15H,11-12,14H2,1-2H3,(H,22,26). The molecule has 1 atom stereocenters. The van der Waals surface area contributed by atoms with Crippen LogP contribution in [0.2, 0.25) is 0 Å². The Morgan fingerprint density at radius 1 is 1.19 bits per heavy atom. The van der Waals surface area contributed by atoms with E-state index in [1.807, 2.05) is 61.5 Å². The van der Waals surface area contributed by atoms with E-state index in [0.29, 0.717) is 24.4 Å². The summed E-state index contributed by atoms with van der Waals surface area (Å²) in [6.45, 7) is 2.30. The van der Waals surface area contributed by atoms with Gasteiger partial charge in [-0.2, -0.15) is 5.10 Å². The second-order valence-electron chi connectivity index (χ2n) is 6.44. The first kappa shape index (κ1) is 18.8. The lowest BCUT2D eigenvalue weighted by Gasteiger charge is -2.23. The van der Waals surface area contributed by atoms with Crippen molar-refractivity contribution in [2.45, 2.75) is 32.4 Å². The number of amides is 2. The van der Waals surface area contributed by atoms with E-state index in [9.17, 15) is 9.59 Å². The maximum absolute atomic E-state index is 12.6. The Bertz CT molecular complexity index is 849. The molecule has 1 aliphatic rings. The van der Waals surface area contributed by atoms with Crippen LogP contribution in [0.5, 0.6) is 0 Å². The highest BCUT2D eigenvalue weighted by Crippen LogP contribution is 2.20. The van der Waals surface area contributed by atoms with Gasteiger partial charge in [0.25, 0.3) is 5.91 Å². The fourth-order valence-corrected chi connectivity index (χ4v) is 2.85. The number of nitrogens with zero attached hydrogens (tertiary/aromatic N) is 2. The predicted molar refractivity (Wildman–Crippen MR) is 104 cm³/mol. The van der Waals surface area contributed by atoms with Gasteiger partial charge in [0.05, 0.1) is 12.6 Å². The van der Waals surface area contributed by atoms with Gasteiger partial charge in [0.1, 0.15) is 5.71 Å². The smallest absolute Gasteiger partial charge is 0.271 e. The molecular formula is C21H23N3O3. The number of hydrogen-bond acceptors (Lipinski definition) is 4. The number of hydrogen-bond donors (Lipinski definition) is 1. The molecule has 27 heavy (non-hydrogen) atoms. The minimum absolute atomic E-state index is 0.0622. The van der Waals surface area contributed by atoms with Gasteiger partial charge in [-0.3, -0.25) is 9.59 Å². The minimum atomic E-state index is -0.289. The average Bonchev–Trinajstić information content (AvgIpc) is 2.70. The molecule has 0 saturated heterocycles. The summed E-state index contributed by atoms with van der Waals surface area (Å²) in [7, 11) is 1.64. The van der Waals surface area contributed by atoms with Gasteiger partial charge in [0.15, 0.2) is 0 Å². The SMILES string of the molecule is COC(C)c1cccc(NC(=O)C2=NN(Cc3ccccc3)C(=O)CC2)c1. The Balaban J connectivity index is 1.72. The highest BCUT2D eigenvalue weighted by molar-refractivity contribution is 6.43. The highest BCUT2D eigenvalue weighted by Gasteiger charge is 2.24. The van der Waals surface area contributed by atoms with Crippen molar-refractivity contribution in [2.24, 2.45) is 5.10 Å². The van der Waals surface area contributed by atoms with Crippen LogP contribution < -0.4 is 5.32 Å². The number of ether oxygens (including phenoxy) is 1. The first-order chi connectivity index (χ1) is 13.1. The van der Waals surface area contributed by atoms with Crippen LogP contribution in [0, 0.1) is 0 Å². The predicted octanol–water partition coefficient (Wildman–Crippen LogP) is 3.51. The first-order valence-corrected chi connectivity index (χ1v) is 8.92. The number of anilines is 1. The largest absolute Gasteiger partial charge is 0.377 e. The van der Waals surface area contributed by atoms with Gasteiger partial charge in [0.2, 0.25) is 5.91 Å². The molecule has 1 unspecified atom stereocenters. The second kappa shape index (κ2) is 8.60. The van der Waals surface area contributed by atoms with Crippen molar-refractivity contribution in [3.8, 4) is 0 Å². The van der Waals surface area contributed by atoms with Gasteiger partial charge in [-0.05, 0) is 30.2 Å². The molecule has 0 radical (unpaired) electrons. The van der Waals surface area contributed by atoms with Crippen molar-refractivity contribution in [2.75, 3.05) is 12.4 Å². The van der Waals surface area contributed by atoms with Gasteiger partial charge in [-0.15, -0.1) is 0 Å². The molecule has 0 spiro atoms. The van der Waals surface area contributed by atoms with Crippen molar-refractivity contribution < 1.29 is 14.3 Å². The number of methoxy groups -OCH3 is 1. The molecule has 140 valence electrons. The van der Waals surface area contributed by atoms with E-state index in [4.69, 9.17) is 4.74 Å².